The lowest BCUT2D eigenvalue weighted by atomic mass is 9.73. The molecule has 0 aromatic carbocycles. The Morgan fingerprint density at radius 2 is 2.08 bits per heavy atom. The number of pyridine rings is 1. The van der Waals surface area contributed by atoms with Crippen LogP contribution < -0.4 is 20.3 Å². The summed E-state index contributed by atoms with van der Waals surface area (Å²) in [6, 6.07) is 2.29. The Morgan fingerprint density at radius 1 is 1.25 bits per heavy atom. The Kier molecular flexibility index (Phi) is 6.23. The summed E-state index contributed by atoms with van der Waals surface area (Å²) in [5.41, 5.74) is 8.62. The SMILES string of the molecule is COC[C@H]1CC2COc3c(-c4cnc(N5CCC6(CC5)CO[C@@H](C)[C@H]6N)c(CO)n4)ccnc3N2C1. The average Bonchev–Trinajstić information content (AvgIpc) is 3.45. The van der Waals surface area contributed by atoms with Gasteiger partial charge in [0.2, 0.25) is 0 Å². The molecule has 4 aliphatic heterocycles. The molecule has 6 rings (SSSR count). The molecule has 0 radical (unpaired) electrons. The molecule has 10 heteroatoms. The van der Waals surface area contributed by atoms with Crippen molar-refractivity contribution in [2.24, 2.45) is 17.1 Å². The molecular weight excluding hydrogens is 460 g/mol. The van der Waals surface area contributed by atoms with Crippen molar-refractivity contribution in [2.75, 3.05) is 56.4 Å². The molecule has 1 spiro atoms. The van der Waals surface area contributed by atoms with E-state index >= 15 is 0 Å². The molecule has 3 fully saturated rings. The first-order valence-corrected chi connectivity index (χ1v) is 13.0. The molecular formula is C26H36N6O4. The number of anilines is 2. The van der Waals surface area contributed by atoms with E-state index in [-0.39, 0.29) is 24.2 Å². The van der Waals surface area contributed by atoms with E-state index in [9.17, 15) is 5.11 Å². The zero-order valence-corrected chi connectivity index (χ0v) is 21.1. The number of aromatic nitrogens is 3. The second-order valence-electron chi connectivity index (χ2n) is 10.8. The van der Waals surface area contributed by atoms with E-state index in [1.165, 1.54) is 0 Å². The van der Waals surface area contributed by atoms with Gasteiger partial charge in [0, 0.05) is 55.9 Å². The first kappa shape index (κ1) is 23.8. The highest BCUT2D eigenvalue weighted by molar-refractivity contribution is 5.75. The predicted molar refractivity (Wildman–Crippen MR) is 135 cm³/mol. The molecule has 10 nitrogen and oxygen atoms in total. The average molecular weight is 497 g/mol. The minimum Gasteiger partial charge on any atom is -0.487 e. The molecule has 194 valence electrons. The lowest BCUT2D eigenvalue weighted by Gasteiger charge is -2.41. The Balaban J connectivity index is 1.24. The van der Waals surface area contributed by atoms with Gasteiger partial charge in [-0.2, -0.15) is 0 Å². The molecule has 0 bridgehead atoms. The van der Waals surface area contributed by atoms with Gasteiger partial charge in [-0.15, -0.1) is 0 Å². The normalized spacial score (nSPS) is 28.8. The molecule has 4 aliphatic rings. The van der Waals surface area contributed by atoms with Gasteiger partial charge in [0.25, 0.3) is 0 Å². The van der Waals surface area contributed by atoms with Crippen molar-refractivity contribution in [3.05, 3.63) is 24.2 Å². The van der Waals surface area contributed by atoms with E-state index < -0.39 is 0 Å². The summed E-state index contributed by atoms with van der Waals surface area (Å²) in [4.78, 5) is 18.8. The standard InChI is InChI=1S/C26H36N6O4/c1-16-23(27)26(15-36-16)4-7-31(8-5-26)24-21(12-33)30-20(10-29-24)19-3-6-28-25-22(19)35-14-18-9-17(13-34-2)11-32(18)25/h3,6,10,16-18,23,33H,4-5,7-9,11-15,27H2,1-2H3/t16-,17-,18?,23+/m0/s1. The second kappa shape index (κ2) is 9.41. The van der Waals surface area contributed by atoms with Gasteiger partial charge in [-0.25, -0.2) is 15.0 Å². The fourth-order valence-electron chi connectivity index (χ4n) is 6.51. The van der Waals surface area contributed by atoms with E-state index in [0.29, 0.717) is 30.0 Å². The van der Waals surface area contributed by atoms with Crippen molar-refractivity contribution < 1.29 is 19.3 Å². The molecule has 6 heterocycles. The van der Waals surface area contributed by atoms with Crippen LogP contribution in [0, 0.1) is 11.3 Å². The van der Waals surface area contributed by atoms with Crippen LogP contribution in [0.2, 0.25) is 0 Å². The van der Waals surface area contributed by atoms with Crippen molar-refractivity contribution >= 4 is 11.6 Å². The monoisotopic (exact) mass is 496 g/mol. The number of aliphatic hydroxyl groups is 1. The number of aliphatic hydroxyl groups excluding tert-OH is 1. The van der Waals surface area contributed by atoms with Crippen molar-refractivity contribution in [3.8, 4) is 17.0 Å². The van der Waals surface area contributed by atoms with Gasteiger partial charge >= 0.3 is 0 Å². The molecule has 36 heavy (non-hydrogen) atoms. The van der Waals surface area contributed by atoms with E-state index in [2.05, 4.69) is 21.7 Å². The topological polar surface area (TPSA) is 119 Å². The van der Waals surface area contributed by atoms with Crippen LogP contribution >= 0.6 is 0 Å². The highest BCUT2D eigenvalue weighted by atomic mass is 16.5. The van der Waals surface area contributed by atoms with Crippen molar-refractivity contribution in [3.63, 3.8) is 0 Å². The van der Waals surface area contributed by atoms with Crippen LogP contribution in [-0.4, -0.2) is 84.8 Å². The predicted octanol–water partition coefficient (Wildman–Crippen LogP) is 1.60. The summed E-state index contributed by atoms with van der Waals surface area (Å²) in [6.45, 7) is 6.49. The zero-order valence-electron chi connectivity index (χ0n) is 21.1. The number of methoxy groups -OCH3 is 1. The molecule has 0 aliphatic carbocycles. The molecule has 0 saturated carbocycles. The number of nitrogens with zero attached hydrogens (tertiary/aromatic N) is 5. The number of hydrogen-bond donors (Lipinski definition) is 2. The van der Waals surface area contributed by atoms with Gasteiger partial charge in [-0.1, -0.05) is 0 Å². The maximum absolute atomic E-state index is 10.2. The number of ether oxygens (including phenoxy) is 3. The van der Waals surface area contributed by atoms with Gasteiger partial charge in [-0.05, 0) is 32.3 Å². The molecule has 3 saturated heterocycles. The van der Waals surface area contributed by atoms with Crippen LogP contribution in [0.5, 0.6) is 5.75 Å². The highest BCUT2D eigenvalue weighted by Crippen LogP contribution is 2.44. The third kappa shape index (κ3) is 3.91. The lowest BCUT2D eigenvalue weighted by molar-refractivity contribution is 0.0973. The summed E-state index contributed by atoms with van der Waals surface area (Å²) < 4.78 is 17.5. The summed E-state index contributed by atoms with van der Waals surface area (Å²) in [6.07, 6.45) is 6.61. The van der Waals surface area contributed by atoms with Crippen LogP contribution in [0.1, 0.15) is 31.9 Å². The summed E-state index contributed by atoms with van der Waals surface area (Å²) >= 11 is 0. The quantitative estimate of drug-likeness (QED) is 0.632. The van der Waals surface area contributed by atoms with Crippen LogP contribution in [0.4, 0.5) is 11.6 Å². The molecule has 1 unspecified atom stereocenters. The third-order valence-corrected chi connectivity index (χ3v) is 8.63. The van der Waals surface area contributed by atoms with Gasteiger partial charge in [0.15, 0.2) is 17.4 Å². The number of piperidine rings is 1. The Bertz CT molecular complexity index is 1110. The van der Waals surface area contributed by atoms with Crippen molar-refractivity contribution in [1.82, 2.24) is 15.0 Å². The summed E-state index contributed by atoms with van der Waals surface area (Å²) in [5, 5.41) is 10.2. The minimum atomic E-state index is -0.182. The molecule has 0 amide bonds. The van der Waals surface area contributed by atoms with Crippen molar-refractivity contribution in [2.45, 2.75) is 51.0 Å². The zero-order chi connectivity index (χ0) is 24.9. The van der Waals surface area contributed by atoms with Gasteiger partial charge < -0.3 is 34.9 Å². The lowest BCUT2D eigenvalue weighted by Crippen LogP contribution is -2.51. The maximum Gasteiger partial charge on any atom is 0.172 e. The summed E-state index contributed by atoms with van der Waals surface area (Å²) in [5.74, 6) is 2.80. The molecule has 4 atom stereocenters. The van der Waals surface area contributed by atoms with Gasteiger partial charge in [0.05, 0.1) is 43.9 Å². The highest BCUT2D eigenvalue weighted by Gasteiger charge is 2.48. The number of rotatable bonds is 5. The second-order valence-corrected chi connectivity index (χ2v) is 10.8. The molecule has 3 N–H and O–H groups in total. The van der Waals surface area contributed by atoms with Crippen LogP contribution in [0.3, 0.4) is 0 Å². The first-order chi connectivity index (χ1) is 17.5. The van der Waals surface area contributed by atoms with E-state index in [4.69, 9.17) is 29.9 Å². The fourth-order valence-corrected chi connectivity index (χ4v) is 6.51. The largest absolute Gasteiger partial charge is 0.487 e. The van der Waals surface area contributed by atoms with Crippen molar-refractivity contribution in [1.29, 1.82) is 0 Å². The Labute approximate surface area is 211 Å². The van der Waals surface area contributed by atoms with Crippen LogP contribution in [-0.2, 0) is 16.1 Å². The molecule has 2 aromatic rings. The van der Waals surface area contributed by atoms with E-state index in [1.807, 2.05) is 6.07 Å². The Hall–Kier alpha value is -2.53. The van der Waals surface area contributed by atoms with E-state index in [0.717, 1.165) is 75.1 Å². The van der Waals surface area contributed by atoms with Crippen LogP contribution in [0.25, 0.3) is 11.3 Å². The number of nitrogens with two attached hydrogens (primary N) is 1. The third-order valence-electron chi connectivity index (χ3n) is 8.63. The first-order valence-electron chi connectivity index (χ1n) is 13.0. The minimum absolute atomic E-state index is 0.0335. The summed E-state index contributed by atoms with van der Waals surface area (Å²) in [7, 11) is 1.75. The van der Waals surface area contributed by atoms with Gasteiger partial charge in [0.1, 0.15) is 12.3 Å². The smallest absolute Gasteiger partial charge is 0.172 e. The molecule has 2 aromatic heterocycles. The maximum atomic E-state index is 10.2. The number of hydrogen-bond acceptors (Lipinski definition) is 10. The Morgan fingerprint density at radius 3 is 2.81 bits per heavy atom. The van der Waals surface area contributed by atoms with E-state index in [1.54, 1.807) is 19.5 Å². The fraction of sp³-hybridized carbons (Fsp3) is 0.654. The van der Waals surface area contributed by atoms with Crippen LogP contribution in [0.15, 0.2) is 18.5 Å². The van der Waals surface area contributed by atoms with Gasteiger partial charge in [-0.3, -0.25) is 0 Å². The number of fused-ring (bicyclic) bond motifs is 3.